The molecule has 0 spiro atoms. The summed E-state index contributed by atoms with van der Waals surface area (Å²) in [6, 6.07) is 9.09. The monoisotopic (exact) mass is 844 g/mol. The number of Topliss-reactive ketones (excluding diaryl/α,β-unsaturated/α-hetero) is 1. The molecule has 322 valence electrons. The molecule has 8 unspecified atom stereocenters. The summed E-state index contributed by atoms with van der Waals surface area (Å²) in [4.78, 5) is 34.6. The molecule has 1 amide bonds. The molecule has 3 aromatic rings. The average Bonchev–Trinajstić information content (AvgIpc) is 4.01. The van der Waals surface area contributed by atoms with Gasteiger partial charge in [-0.3, -0.25) is 9.59 Å². The molecule has 3 aliphatic carbocycles. The summed E-state index contributed by atoms with van der Waals surface area (Å²) >= 11 is 0. The lowest BCUT2D eigenvalue weighted by molar-refractivity contribution is -0.329. The summed E-state index contributed by atoms with van der Waals surface area (Å²) in [6.07, 6.45) is 7.85. The van der Waals surface area contributed by atoms with Crippen molar-refractivity contribution in [3.63, 3.8) is 0 Å². The van der Waals surface area contributed by atoms with E-state index in [1.165, 1.54) is 12.0 Å². The summed E-state index contributed by atoms with van der Waals surface area (Å²) in [5.74, 6) is -0.445. The van der Waals surface area contributed by atoms with Gasteiger partial charge in [0, 0.05) is 42.8 Å². The number of methoxy groups -OCH3 is 1. The van der Waals surface area contributed by atoms with Gasteiger partial charge < -0.3 is 54.7 Å². The van der Waals surface area contributed by atoms with Gasteiger partial charge in [-0.1, -0.05) is 24.6 Å². The van der Waals surface area contributed by atoms with Crippen LogP contribution in [0.2, 0.25) is 0 Å². The number of aromatic hydroxyl groups is 1. The number of hydrogen-bond acceptors (Lipinski definition) is 13. The largest absolute Gasteiger partial charge is 0.506 e. The lowest BCUT2D eigenvalue weighted by Crippen LogP contribution is -2.69. The highest BCUT2D eigenvalue weighted by Crippen LogP contribution is 2.55. The number of ketones is 1. The first-order valence-electron chi connectivity index (χ1n) is 21.4. The molecule has 8 atom stereocenters. The molecule has 1 saturated heterocycles. The van der Waals surface area contributed by atoms with Crippen LogP contribution in [-0.4, -0.2) is 125 Å². The Morgan fingerprint density at radius 1 is 1.16 bits per heavy atom. The van der Waals surface area contributed by atoms with Gasteiger partial charge >= 0.3 is 0 Å². The Balaban J connectivity index is 1.18. The molecule has 0 radical (unpaired) electrons. The number of allylic oxidation sites excluding steroid dienone is 3. The number of benzene rings is 3. The Hall–Kier alpha value is -5.32. The minimum atomic E-state index is -2.56. The van der Waals surface area contributed by atoms with Crippen LogP contribution in [0.1, 0.15) is 74.6 Å². The van der Waals surface area contributed by atoms with Crippen LogP contribution in [0.25, 0.3) is 16.8 Å². The maximum atomic E-state index is 14.9. The number of aliphatic imine (C=N–C) groups is 1. The van der Waals surface area contributed by atoms with Crippen molar-refractivity contribution in [3.8, 4) is 17.2 Å². The Kier molecular flexibility index (Phi) is 10.4. The van der Waals surface area contributed by atoms with Gasteiger partial charge in [0.25, 0.3) is 5.91 Å². The van der Waals surface area contributed by atoms with Crippen molar-refractivity contribution in [1.82, 2.24) is 10.2 Å². The molecule has 10 rings (SSSR count). The quantitative estimate of drug-likeness (QED) is 0.142. The molecule has 14 nitrogen and oxygen atoms in total. The van der Waals surface area contributed by atoms with Crippen molar-refractivity contribution in [1.29, 1.82) is 0 Å². The molecule has 62 heavy (non-hydrogen) atoms. The minimum Gasteiger partial charge on any atom is -0.506 e. The maximum absolute atomic E-state index is 14.9. The number of likely N-dealkylation sites (N-methyl/N-ethyl adjacent to an activating group) is 1. The third-order valence-corrected chi connectivity index (χ3v) is 13.9. The SMILES string of the molecule is CNCC1=CC=C2N=CC(C3C=Cc4c(OC)cc5c6c(c(C(=O)CN7Cc8ccccc8C7=O)c(O)c5c4OC4OC(CO3)C(O)C(O)C4(O)CO)C3CCCC3CC6)=C2[CH+]1. The number of carbonyl (C=O) groups is 2. The lowest BCUT2D eigenvalue weighted by atomic mass is 9.72. The minimum absolute atomic E-state index is 0.00146. The van der Waals surface area contributed by atoms with Crippen molar-refractivity contribution < 1.29 is 54.1 Å². The number of fused-ring (bicyclic) bond motifs is 11. The van der Waals surface area contributed by atoms with Crippen molar-refractivity contribution in [2.24, 2.45) is 10.9 Å². The van der Waals surface area contributed by atoms with E-state index in [0.29, 0.717) is 41.2 Å². The summed E-state index contributed by atoms with van der Waals surface area (Å²) < 4.78 is 25.5. The van der Waals surface area contributed by atoms with Gasteiger partial charge in [-0.15, -0.1) is 0 Å². The number of ether oxygens (including phenoxy) is 4. The Bertz CT molecular complexity index is 2540. The zero-order chi connectivity index (χ0) is 43.0. The Morgan fingerprint density at radius 3 is 2.79 bits per heavy atom. The van der Waals surface area contributed by atoms with Crippen LogP contribution in [0.3, 0.4) is 0 Å². The zero-order valence-electron chi connectivity index (χ0n) is 34.5. The number of aliphatic hydroxyl groups is 4. The normalized spacial score (nSPS) is 29.7. The average molecular weight is 845 g/mol. The predicted octanol–water partition coefficient (Wildman–Crippen LogP) is 3.81. The highest BCUT2D eigenvalue weighted by Gasteiger charge is 2.57. The van der Waals surface area contributed by atoms with E-state index < -0.39 is 48.7 Å². The highest BCUT2D eigenvalue weighted by molar-refractivity contribution is 6.13. The van der Waals surface area contributed by atoms with E-state index in [2.05, 4.69) is 10.3 Å². The molecule has 2 bridgehead atoms. The van der Waals surface area contributed by atoms with Gasteiger partial charge in [-0.25, -0.2) is 0 Å². The second-order valence-electron chi connectivity index (χ2n) is 17.4. The molecule has 2 fully saturated rings. The van der Waals surface area contributed by atoms with Crippen LogP contribution in [0.4, 0.5) is 0 Å². The number of phenolic OH excluding ortho intramolecular Hbond substituents is 1. The summed E-state index contributed by atoms with van der Waals surface area (Å²) in [6.45, 7) is -0.738. The number of aryl methyl sites for hydroxylation is 1. The number of phenols is 1. The second-order valence-corrected chi connectivity index (χ2v) is 17.4. The van der Waals surface area contributed by atoms with Crippen LogP contribution >= 0.6 is 0 Å². The number of nitrogens with one attached hydrogen (secondary N) is 1. The molecular weight excluding hydrogens is 795 g/mol. The summed E-state index contributed by atoms with van der Waals surface area (Å²) in [5, 5.41) is 62.0. The lowest BCUT2D eigenvalue weighted by Gasteiger charge is -2.47. The third-order valence-electron chi connectivity index (χ3n) is 13.9. The van der Waals surface area contributed by atoms with Crippen LogP contribution in [0.5, 0.6) is 17.2 Å². The Morgan fingerprint density at radius 2 is 2.00 bits per heavy atom. The molecule has 14 heteroatoms. The molecule has 6 N–H and O–H groups in total. The molecule has 0 aromatic heterocycles. The molecule has 4 heterocycles. The number of hydrogen-bond donors (Lipinski definition) is 6. The standard InChI is InChI=1S/C48H49N3O11/c1-49-18-24-10-14-34-31(16-24)33(19-50-34)36-15-13-30-37(59-2)17-32-29-12-11-25-7-5-9-27(25)39(29)41(35(53)21-51-20-26-6-3-4-8-28(26)46(51)57)43(55)40(32)44(30)62-47-48(58,23-52)45(56)42(54)38(61-47)22-60-36/h3-4,6,8,10,13-17,19,25,27,36,38,42,45,47,49,52,54,56,58H,5,7,9,11-12,18,20-23H2,1-2H3/p+1. The fourth-order valence-corrected chi connectivity index (χ4v) is 10.7. The molecule has 7 aliphatic rings. The van der Waals surface area contributed by atoms with E-state index in [-0.39, 0.29) is 59.5 Å². The number of carbonyl (C=O) groups excluding carboxylic acids is 2. The Labute approximate surface area is 358 Å². The first-order valence-corrected chi connectivity index (χ1v) is 21.4. The third kappa shape index (κ3) is 6.42. The molecule has 1 saturated carbocycles. The molecule has 4 aliphatic heterocycles. The van der Waals surface area contributed by atoms with Crippen molar-refractivity contribution in [2.45, 2.75) is 80.9 Å². The van der Waals surface area contributed by atoms with E-state index in [4.69, 9.17) is 18.9 Å². The second kappa shape index (κ2) is 15.8. The fourth-order valence-electron chi connectivity index (χ4n) is 10.7. The van der Waals surface area contributed by atoms with Gasteiger partial charge in [0.05, 0.1) is 55.2 Å². The van der Waals surface area contributed by atoms with Gasteiger partial charge in [0.15, 0.2) is 17.1 Å². The van der Waals surface area contributed by atoms with Crippen LogP contribution < -0.4 is 14.8 Å². The van der Waals surface area contributed by atoms with Gasteiger partial charge in [-0.05, 0) is 90.9 Å². The first-order chi connectivity index (χ1) is 30.0. The number of aliphatic hydroxyl groups excluding tert-OH is 3. The molecular formula is C48H50N3O11+. The van der Waals surface area contributed by atoms with Crippen molar-refractivity contribution in [2.75, 3.05) is 40.5 Å². The predicted molar refractivity (Wildman–Crippen MR) is 228 cm³/mol. The molecule has 3 aromatic carbocycles. The van der Waals surface area contributed by atoms with E-state index in [9.17, 15) is 35.1 Å². The number of rotatable bonds is 8. The first kappa shape index (κ1) is 40.7. The number of amides is 1. The summed E-state index contributed by atoms with van der Waals surface area (Å²) in [5.41, 5.74) is 4.13. The summed E-state index contributed by atoms with van der Waals surface area (Å²) in [7, 11) is 3.37. The van der Waals surface area contributed by atoms with Gasteiger partial charge in [0.2, 0.25) is 6.29 Å². The van der Waals surface area contributed by atoms with E-state index in [0.717, 1.165) is 59.2 Å². The van der Waals surface area contributed by atoms with Crippen molar-refractivity contribution in [3.05, 3.63) is 111 Å². The highest BCUT2D eigenvalue weighted by atomic mass is 16.7. The fraction of sp³-hybridized carbons (Fsp3) is 0.417. The van der Waals surface area contributed by atoms with E-state index in [1.54, 1.807) is 30.5 Å². The zero-order valence-corrected chi connectivity index (χ0v) is 34.5. The van der Waals surface area contributed by atoms with Gasteiger partial charge in [0.1, 0.15) is 47.2 Å². The van der Waals surface area contributed by atoms with Crippen molar-refractivity contribution >= 4 is 34.8 Å². The van der Waals surface area contributed by atoms with E-state index in [1.807, 2.05) is 43.8 Å². The van der Waals surface area contributed by atoms with Gasteiger partial charge in [-0.2, -0.15) is 4.99 Å². The smallest absolute Gasteiger partial charge is 0.254 e. The topological polar surface area (TPSA) is 200 Å². The van der Waals surface area contributed by atoms with E-state index >= 15 is 0 Å². The van der Waals surface area contributed by atoms with Crippen LogP contribution in [0.15, 0.2) is 76.0 Å². The van der Waals surface area contributed by atoms with Crippen LogP contribution in [-0.2, 0) is 22.4 Å². The van der Waals surface area contributed by atoms with Crippen LogP contribution in [0, 0.1) is 12.3 Å². The number of nitrogens with zero attached hydrogens (tertiary/aromatic N) is 2. The maximum Gasteiger partial charge on any atom is 0.254 e.